The van der Waals surface area contributed by atoms with Gasteiger partial charge in [0, 0.05) is 3.57 Å². The Hall–Kier alpha value is 0.100. The Labute approximate surface area is 83.1 Å². The maximum absolute atomic E-state index is 12.7. The lowest BCUT2D eigenvalue weighted by atomic mass is 10.3. The Balaban J connectivity index is 3.21. The maximum atomic E-state index is 12.7. The average Bonchev–Trinajstić information content (AvgIpc) is 1.97. The topological polar surface area (TPSA) is 12.9 Å². The second-order valence-electron chi connectivity index (χ2n) is 2.04. The minimum atomic E-state index is -0.451. The SMILES string of the molecule is CCc1nc(Cl)c(F)cc1I. The highest BCUT2D eigenvalue weighted by Crippen LogP contribution is 2.17. The molecule has 0 amide bonds. The van der Waals surface area contributed by atoms with E-state index >= 15 is 0 Å². The minimum absolute atomic E-state index is 0.0396. The highest BCUT2D eigenvalue weighted by atomic mass is 127. The van der Waals surface area contributed by atoms with Crippen molar-refractivity contribution in [3.8, 4) is 0 Å². The molecule has 1 rings (SSSR count). The molecule has 0 aliphatic carbocycles. The van der Waals surface area contributed by atoms with Gasteiger partial charge in [0.15, 0.2) is 11.0 Å². The molecule has 0 aromatic carbocycles. The lowest BCUT2D eigenvalue weighted by molar-refractivity contribution is 0.618. The summed E-state index contributed by atoms with van der Waals surface area (Å²) in [6.45, 7) is 1.96. The predicted molar refractivity (Wildman–Crippen MR) is 51.3 cm³/mol. The Bertz CT molecular complexity index is 277. The van der Waals surface area contributed by atoms with Gasteiger partial charge in [-0.2, -0.15) is 0 Å². The molecule has 0 fully saturated rings. The molecule has 0 aliphatic heterocycles. The average molecular weight is 285 g/mol. The van der Waals surface area contributed by atoms with Gasteiger partial charge in [-0.25, -0.2) is 9.37 Å². The van der Waals surface area contributed by atoms with Crippen LogP contribution in [-0.4, -0.2) is 4.98 Å². The molecule has 11 heavy (non-hydrogen) atoms. The van der Waals surface area contributed by atoms with Crippen LogP contribution in [-0.2, 0) is 6.42 Å². The van der Waals surface area contributed by atoms with Gasteiger partial charge < -0.3 is 0 Å². The van der Waals surface area contributed by atoms with Crippen LogP contribution in [0.25, 0.3) is 0 Å². The van der Waals surface area contributed by atoms with Crippen LogP contribution in [0, 0.1) is 9.39 Å². The number of hydrogen-bond acceptors (Lipinski definition) is 1. The lowest BCUT2D eigenvalue weighted by Crippen LogP contribution is -1.94. The van der Waals surface area contributed by atoms with Gasteiger partial charge in [0.2, 0.25) is 0 Å². The second kappa shape index (κ2) is 3.67. The first-order chi connectivity index (χ1) is 5.15. The van der Waals surface area contributed by atoms with Crippen molar-refractivity contribution in [1.82, 2.24) is 4.98 Å². The molecule has 0 N–H and O–H groups in total. The first-order valence-electron chi connectivity index (χ1n) is 3.15. The fraction of sp³-hybridized carbons (Fsp3) is 0.286. The van der Waals surface area contributed by atoms with E-state index in [0.717, 1.165) is 15.7 Å². The van der Waals surface area contributed by atoms with Crippen LogP contribution >= 0.6 is 34.2 Å². The van der Waals surface area contributed by atoms with E-state index in [2.05, 4.69) is 4.98 Å². The van der Waals surface area contributed by atoms with Crippen molar-refractivity contribution in [2.45, 2.75) is 13.3 Å². The monoisotopic (exact) mass is 285 g/mol. The Morgan fingerprint density at radius 3 is 2.91 bits per heavy atom. The summed E-state index contributed by atoms with van der Waals surface area (Å²) >= 11 is 7.52. The zero-order chi connectivity index (χ0) is 8.43. The van der Waals surface area contributed by atoms with E-state index in [1.54, 1.807) is 0 Å². The number of rotatable bonds is 1. The largest absolute Gasteiger partial charge is 0.237 e. The van der Waals surface area contributed by atoms with Gasteiger partial charge in [0.05, 0.1) is 5.69 Å². The van der Waals surface area contributed by atoms with Crippen molar-refractivity contribution < 1.29 is 4.39 Å². The summed E-state index contributed by atoms with van der Waals surface area (Å²) in [5.74, 6) is -0.451. The fourth-order valence-corrected chi connectivity index (χ4v) is 1.66. The van der Waals surface area contributed by atoms with E-state index in [1.807, 2.05) is 29.5 Å². The number of aryl methyl sites for hydroxylation is 1. The Kier molecular flexibility index (Phi) is 3.06. The Morgan fingerprint density at radius 1 is 1.73 bits per heavy atom. The molecule has 4 heteroatoms. The molecule has 0 bridgehead atoms. The number of nitrogens with zero attached hydrogens (tertiary/aromatic N) is 1. The van der Waals surface area contributed by atoms with Gasteiger partial charge >= 0.3 is 0 Å². The molecule has 0 atom stereocenters. The number of halogens is 3. The zero-order valence-corrected chi connectivity index (χ0v) is 8.78. The molecule has 1 aromatic heterocycles. The van der Waals surface area contributed by atoms with Gasteiger partial charge in [0.1, 0.15) is 0 Å². The highest BCUT2D eigenvalue weighted by molar-refractivity contribution is 14.1. The quantitative estimate of drug-likeness (QED) is 0.571. The zero-order valence-electron chi connectivity index (χ0n) is 5.87. The molecule has 60 valence electrons. The normalized spacial score (nSPS) is 10.2. The Morgan fingerprint density at radius 2 is 2.36 bits per heavy atom. The third kappa shape index (κ3) is 2.02. The molecular weight excluding hydrogens is 279 g/mol. The van der Waals surface area contributed by atoms with Crippen molar-refractivity contribution in [2.24, 2.45) is 0 Å². The van der Waals surface area contributed by atoms with E-state index in [4.69, 9.17) is 11.6 Å². The predicted octanol–water partition coefficient (Wildman–Crippen LogP) is 3.04. The summed E-state index contributed by atoms with van der Waals surface area (Å²) < 4.78 is 13.5. The van der Waals surface area contributed by atoms with Crippen molar-refractivity contribution in [3.63, 3.8) is 0 Å². The summed E-state index contributed by atoms with van der Waals surface area (Å²) in [6.07, 6.45) is 0.776. The van der Waals surface area contributed by atoms with Crippen LogP contribution in [0.2, 0.25) is 5.15 Å². The van der Waals surface area contributed by atoms with Crippen LogP contribution in [0.1, 0.15) is 12.6 Å². The molecule has 0 spiro atoms. The molecule has 0 saturated carbocycles. The van der Waals surface area contributed by atoms with E-state index in [-0.39, 0.29) is 5.15 Å². The molecule has 1 heterocycles. The molecule has 0 saturated heterocycles. The smallest absolute Gasteiger partial charge is 0.165 e. The number of aromatic nitrogens is 1. The third-order valence-electron chi connectivity index (χ3n) is 1.29. The van der Waals surface area contributed by atoms with Gasteiger partial charge in [0.25, 0.3) is 0 Å². The summed E-state index contributed by atoms with van der Waals surface area (Å²) in [5, 5.41) is -0.0396. The summed E-state index contributed by atoms with van der Waals surface area (Å²) in [4.78, 5) is 3.87. The fourth-order valence-electron chi connectivity index (χ4n) is 0.727. The van der Waals surface area contributed by atoms with E-state index in [9.17, 15) is 4.39 Å². The highest BCUT2D eigenvalue weighted by Gasteiger charge is 2.05. The molecular formula is C7H6ClFIN. The number of hydrogen-bond donors (Lipinski definition) is 0. The van der Waals surface area contributed by atoms with Crippen LogP contribution in [0.15, 0.2) is 6.07 Å². The third-order valence-corrected chi connectivity index (χ3v) is 2.49. The first kappa shape index (κ1) is 9.19. The first-order valence-corrected chi connectivity index (χ1v) is 4.61. The standard InChI is InChI=1S/C7H6ClFIN/c1-2-6-5(10)3-4(9)7(8)11-6/h3H,2H2,1H3. The summed E-state index contributed by atoms with van der Waals surface area (Å²) in [5.41, 5.74) is 0.844. The van der Waals surface area contributed by atoms with Crippen molar-refractivity contribution in [1.29, 1.82) is 0 Å². The molecule has 0 aliphatic rings. The van der Waals surface area contributed by atoms with Crippen LogP contribution in [0.5, 0.6) is 0 Å². The number of pyridine rings is 1. The van der Waals surface area contributed by atoms with Crippen molar-refractivity contribution in [2.75, 3.05) is 0 Å². The molecule has 1 aromatic rings. The van der Waals surface area contributed by atoms with Crippen LogP contribution in [0.4, 0.5) is 4.39 Å². The molecule has 0 unspecified atom stereocenters. The van der Waals surface area contributed by atoms with Gasteiger partial charge in [-0.05, 0) is 35.1 Å². The summed E-state index contributed by atoms with van der Waals surface area (Å²) in [7, 11) is 0. The van der Waals surface area contributed by atoms with E-state index in [1.165, 1.54) is 6.07 Å². The van der Waals surface area contributed by atoms with Crippen molar-refractivity contribution >= 4 is 34.2 Å². The minimum Gasteiger partial charge on any atom is -0.237 e. The van der Waals surface area contributed by atoms with E-state index < -0.39 is 5.82 Å². The van der Waals surface area contributed by atoms with Crippen molar-refractivity contribution in [3.05, 3.63) is 26.3 Å². The van der Waals surface area contributed by atoms with E-state index in [0.29, 0.717) is 0 Å². The summed E-state index contributed by atoms with van der Waals surface area (Å²) in [6, 6.07) is 1.40. The second-order valence-corrected chi connectivity index (χ2v) is 3.56. The molecule has 1 nitrogen and oxygen atoms in total. The molecule has 0 radical (unpaired) electrons. The van der Waals surface area contributed by atoms with Gasteiger partial charge in [-0.3, -0.25) is 0 Å². The van der Waals surface area contributed by atoms with Gasteiger partial charge in [-0.1, -0.05) is 18.5 Å². The van der Waals surface area contributed by atoms with Crippen LogP contribution in [0.3, 0.4) is 0 Å². The van der Waals surface area contributed by atoms with Crippen LogP contribution < -0.4 is 0 Å². The maximum Gasteiger partial charge on any atom is 0.165 e. The lowest BCUT2D eigenvalue weighted by Gasteiger charge is -2.00. The van der Waals surface area contributed by atoms with Gasteiger partial charge in [-0.15, -0.1) is 0 Å².